The van der Waals surface area contributed by atoms with Crippen molar-refractivity contribution in [2.24, 2.45) is 5.92 Å². The summed E-state index contributed by atoms with van der Waals surface area (Å²) in [6.07, 6.45) is 7.87. The van der Waals surface area contributed by atoms with E-state index in [1.165, 1.54) is 19.3 Å². The van der Waals surface area contributed by atoms with Crippen LogP contribution in [0.3, 0.4) is 0 Å². The highest BCUT2D eigenvalue weighted by atomic mass is 35.5. The van der Waals surface area contributed by atoms with Crippen LogP contribution >= 0.6 is 11.6 Å². The second kappa shape index (κ2) is 10.4. The van der Waals surface area contributed by atoms with Gasteiger partial charge in [0, 0.05) is 31.6 Å². The van der Waals surface area contributed by atoms with Gasteiger partial charge in [-0.3, -0.25) is 4.79 Å². The van der Waals surface area contributed by atoms with Gasteiger partial charge in [-0.05, 0) is 50.3 Å². The van der Waals surface area contributed by atoms with Crippen LogP contribution in [0.4, 0.5) is 0 Å². The molecule has 3 rings (SSSR count). The summed E-state index contributed by atoms with van der Waals surface area (Å²) in [5.74, 6) is 1.93. The van der Waals surface area contributed by atoms with Crippen molar-refractivity contribution >= 4 is 17.5 Å². The van der Waals surface area contributed by atoms with Crippen molar-refractivity contribution in [1.82, 2.24) is 10.2 Å². The number of nitrogens with zero attached hydrogens (tertiary/aromatic N) is 1. The molecule has 1 saturated carbocycles. The molecule has 5 nitrogen and oxygen atoms in total. The van der Waals surface area contributed by atoms with Gasteiger partial charge in [0.1, 0.15) is 0 Å². The van der Waals surface area contributed by atoms with Crippen molar-refractivity contribution in [2.45, 2.75) is 64.5 Å². The largest absolute Gasteiger partial charge is 0.491 e. The van der Waals surface area contributed by atoms with Crippen LogP contribution in [-0.4, -0.2) is 43.7 Å². The first-order valence-electron chi connectivity index (χ1n) is 10.6. The molecule has 6 heteroatoms. The standard InChI is InChI=1S/C22H33ClN2O3/c1-3-28-20-14-16(13-19(23)21(20)27-2)15-24-18-9-11-25(12-10-18)22(26)17-7-5-4-6-8-17/h13-14,17-18,24H,3-12,15H2,1-2H3. The number of ether oxygens (including phenoxy) is 2. The Kier molecular flexibility index (Phi) is 7.86. The van der Waals surface area contributed by atoms with Gasteiger partial charge < -0.3 is 19.7 Å². The quantitative estimate of drug-likeness (QED) is 0.726. The monoisotopic (exact) mass is 408 g/mol. The second-order valence-electron chi connectivity index (χ2n) is 7.86. The third-order valence-electron chi connectivity index (χ3n) is 5.93. The van der Waals surface area contributed by atoms with E-state index in [0.717, 1.165) is 50.9 Å². The average Bonchev–Trinajstić information content (AvgIpc) is 2.73. The third kappa shape index (κ3) is 5.32. The van der Waals surface area contributed by atoms with Crippen molar-refractivity contribution in [3.8, 4) is 11.5 Å². The molecule has 0 aromatic heterocycles. The summed E-state index contributed by atoms with van der Waals surface area (Å²) in [5.41, 5.74) is 1.08. The molecule has 2 aliphatic rings. The van der Waals surface area contributed by atoms with E-state index >= 15 is 0 Å². The number of hydrogen-bond donors (Lipinski definition) is 1. The summed E-state index contributed by atoms with van der Waals surface area (Å²) < 4.78 is 11.0. The number of benzene rings is 1. The topological polar surface area (TPSA) is 50.8 Å². The van der Waals surface area contributed by atoms with Gasteiger partial charge in [-0.15, -0.1) is 0 Å². The van der Waals surface area contributed by atoms with Crippen molar-refractivity contribution in [3.63, 3.8) is 0 Å². The molecule has 1 aliphatic heterocycles. The maximum Gasteiger partial charge on any atom is 0.225 e. The average molecular weight is 409 g/mol. The van der Waals surface area contributed by atoms with Gasteiger partial charge in [0.2, 0.25) is 5.91 Å². The highest BCUT2D eigenvalue weighted by Gasteiger charge is 2.29. The molecule has 0 bridgehead atoms. The molecule has 1 heterocycles. The number of hydrogen-bond acceptors (Lipinski definition) is 4. The Morgan fingerprint density at radius 2 is 1.89 bits per heavy atom. The first-order valence-corrected chi connectivity index (χ1v) is 11.0. The molecule has 0 atom stereocenters. The minimum Gasteiger partial charge on any atom is -0.491 e. The van der Waals surface area contributed by atoms with Gasteiger partial charge >= 0.3 is 0 Å². The van der Waals surface area contributed by atoms with Crippen LogP contribution < -0.4 is 14.8 Å². The van der Waals surface area contributed by atoms with Crippen LogP contribution in [0.25, 0.3) is 0 Å². The summed E-state index contributed by atoms with van der Waals surface area (Å²) in [5, 5.41) is 4.19. The summed E-state index contributed by atoms with van der Waals surface area (Å²) in [6.45, 7) is 4.96. The lowest BCUT2D eigenvalue weighted by atomic mass is 9.87. The van der Waals surface area contributed by atoms with Crippen molar-refractivity contribution in [2.75, 3.05) is 26.8 Å². The number of halogens is 1. The zero-order chi connectivity index (χ0) is 19.9. The third-order valence-corrected chi connectivity index (χ3v) is 6.21. The van der Waals surface area contributed by atoms with Crippen LogP contribution in [0.5, 0.6) is 11.5 Å². The summed E-state index contributed by atoms with van der Waals surface area (Å²) in [7, 11) is 1.60. The molecule has 1 N–H and O–H groups in total. The highest BCUT2D eigenvalue weighted by Crippen LogP contribution is 2.36. The summed E-state index contributed by atoms with van der Waals surface area (Å²) in [4.78, 5) is 14.8. The van der Waals surface area contributed by atoms with Crippen molar-refractivity contribution in [1.29, 1.82) is 0 Å². The molecular weight excluding hydrogens is 376 g/mol. The van der Waals surface area contributed by atoms with E-state index in [4.69, 9.17) is 21.1 Å². The minimum absolute atomic E-state index is 0.275. The van der Waals surface area contributed by atoms with Crippen LogP contribution in [0.2, 0.25) is 5.02 Å². The van der Waals surface area contributed by atoms with Gasteiger partial charge in [0.25, 0.3) is 0 Å². The van der Waals surface area contributed by atoms with E-state index in [9.17, 15) is 4.79 Å². The van der Waals surface area contributed by atoms with Gasteiger partial charge in [-0.25, -0.2) is 0 Å². The Morgan fingerprint density at radius 1 is 1.18 bits per heavy atom. The molecule has 1 aromatic carbocycles. The number of carbonyl (C=O) groups is 1. The molecule has 156 valence electrons. The van der Waals surface area contributed by atoms with Crippen LogP contribution in [-0.2, 0) is 11.3 Å². The number of piperidine rings is 1. The fraction of sp³-hybridized carbons (Fsp3) is 0.682. The van der Waals surface area contributed by atoms with Gasteiger partial charge in [0.15, 0.2) is 11.5 Å². The molecule has 1 aromatic rings. The maximum absolute atomic E-state index is 12.7. The van der Waals surface area contributed by atoms with E-state index in [1.54, 1.807) is 7.11 Å². The molecule has 0 unspecified atom stereocenters. The normalized spacial score (nSPS) is 18.9. The Morgan fingerprint density at radius 3 is 2.54 bits per heavy atom. The molecule has 1 amide bonds. The Bertz CT molecular complexity index is 653. The zero-order valence-electron chi connectivity index (χ0n) is 17.1. The predicted molar refractivity (Wildman–Crippen MR) is 112 cm³/mol. The lowest BCUT2D eigenvalue weighted by Crippen LogP contribution is -2.46. The van der Waals surface area contributed by atoms with E-state index in [-0.39, 0.29) is 5.92 Å². The maximum atomic E-state index is 12.7. The highest BCUT2D eigenvalue weighted by molar-refractivity contribution is 6.32. The summed E-state index contributed by atoms with van der Waals surface area (Å²) >= 11 is 6.34. The van der Waals surface area contributed by atoms with Crippen LogP contribution in [0, 0.1) is 5.92 Å². The number of methoxy groups -OCH3 is 1. The predicted octanol–water partition coefficient (Wildman–Crippen LogP) is 4.41. The fourth-order valence-electron chi connectivity index (χ4n) is 4.36. The molecule has 2 fully saturated rings. The molecular formula is C22H33ClN2O3. The first-order chi connectivity index (χ1) is 13.6. The molecule has 0 radical (unpaired) electrons. The Labute approximate surface area is 173 Å². The minimum atomic E-state index is 0.275. The zero-order valence-corrected chi connectivity index (χ0v) is 17.9. The van der Waals surface area contributed by atoms with E-state index in [0.29, 0.717) is 35.1 Å². The van der Waals surface area contributed by atoms with Crippen LogP contribution in [0.15, 0.2) is 12.1 Å². The number of nitrogens with one attached hydrogen (secondary N) is 1. The Balaban J connectivity index is 1.49. The van der Waals surface area contributed by atoms with E-state index < -0.39 is 0 Å². The number of likely N-dealkylation sites (tertiary alicyclic amines) is 1. The van der Waals surface area contributed by atoms with Gasteiger partial charge in [0.05, 0.1) is 18.7 Å². The lowest BCUT2D eigenvalue weighted by Gasteiger charge is -2.35. The SMILES string of the molecule is CCOc1cc(CNC2CCN(C(=O)C3CCCCC3)CC2)cc(Cl)c1OC. The van der Waals surface area contributed by atoms with Gasteiger partial charge in [-0.2, -0.15) is 0 Å². The number of rotatable bonds is 7. The second-order valence-corrected chi connectivity index (χ2v) is 8.26. The number of carbonyl (C=O) groups excluding carboxylic acids is 1. The molecule has 1 saturated heterocycles. The van der Waals surface area contributed by atoms with E-state index in [1.807, 2.05) is 19.1 Å². The molecule has 0 spiro atoms. The van der Waals surface area contributed by atoms with Crippen molar-refractivity contribution in [3.05, 3.63) is 22.7 Å². The van der Waals surface area contributed by atoms with Crippen LogP contribution in [0.1, 0.15) is 57.4 Å². The summed E-state index contributed by atoms with van der Waals surface area (Å²) in [6, 6.07) is 4.34. The Hall–Kier alpha value is -1.46. The smallest absolute Gasteiger partial charge is 0.225 e. The lowest BCUT2D eigenvalue weighted by molar-refractivity contribution is -0.137. The van der Waals surface area contributed by atoms with Gasteiger partial charge in [-0.1, -0.05) is 30.9 Å². The molecule has 1 aliphatic carbocycles. The number of amides is 1. The molecule has 28 heavy (non-hydrogen) atoms. The van der Waals surface area contributed by atoms with Crippen molar-refractivity contribution < 1.29 is 14.3 Å². The first kappa shape index (κ1) is 21.3. The fourth-order valence-corrected chi connectivity index (χ4v) is 4.67. The van der Waals surface area contributed by atoms with E-state index in [2.05, 4.69) is 10.2 Å².